The molecule has 2 heterocycles. The number of hydrogen-bond acceptors (Lipinski definition) is 5. The first-order chi connectivity index (χ1) is 8.38. The molecule has 0 aromatic carbocycles. The second-order valence-electron chi connectivity index (χ2n) is 4.40. The van der Waals surface area contributed by atoms with Gasteiger partial charge in [-0.3, -0.25) is 4.99 Å². The van der Waals surface area contributed by atoms with E-state index in [4.69, 9.17) is 9.72 Å². The number of rotatable bonds is 1. The number of hydrogen-bond donors (Lipinski definition) is 0. The van der Waals surface area contributed by atoms with E-state index in [1.165, 1.54) is 22.7 Å². The Bertz CT molecular complexity index is 435. The van der Waals surface area contributed by atoms with Gasteiger partial charge in [-0.25, -0.2) is 4.98 Å². The third-order valence-corrected chi connectivity index (χ3v) is 4.53. The summed E-state index contributed by atoms with van der Waals surface area (Å²) in [5, 5.41) is 1.15. The van der Waals surface area contributed by atoms with Gasteiger partial charge in [-0.2, -0.15) is 0 Å². The van der Waals surface area contributed by atoms with Crippen molar-refractivity contribution in [1.29, 1.82) is 0 Å². The standard InChI is InChI=1S/C12H17N3OS/c1-13-9-3-2-4-10-11(9)17-12(14-10)15-5-7-16-8-6-15/h2-8H2,1H3. The largest absolute Gasteiger partial charge is 0.378 e. The van der Waals surface area contributed by atoms with Gasteiger partial charge in [0.25, 0.3) is 0 Å². The van der Waals surface area contributed by atoms with Crippen molar-refractivity contribution in [2.24, 2.45) is 4.99 Å². The number of ether oxygens (including phenoxy) is 1. The first-order valence-corrected chi connectivity index (χ1v) is 6.98. The predicted molar refractivity (Wildman–Crippen MR) is 70.5 cm³/mol. The van der Waals surface area contributed by atoms with Gasteiger partial charge in [-0.05, 0) is 19.3 Å². The molecule has 0 unspecified atom stereocenters. The molecule has 4 nitrogen and oxygen atoms in total. The molecule has 0 spiro atoms. The van der Waals surface area contributed by atoms with E-state index >= 15 is 0 Å². The van der Waals surface area contributed by atoms with Crippen LogP contribution in [0.2, 0.25) is 0 Å². The van der Waals surface area contributed by atoms with Gasteiger partial charge in [-0.1, -0.05) is 11.3 Å². The van der Waals surface area contributed by atoms with Crippen LogP contribution in [0.25, 0.3) is 0 Å². The molecule has 0 saturated carbocycles. The Labute approximate surface area is 105 Å². The number of aryl methyl sites for hydroxylation is 1. The second kappa shape index (κ2) is 4.74. The Morgan fingerprint density at radius 1 is 1.29 bits per heavy atom. The lowest BCUT2D eigenvalue weighted by Gasteiger charge is -2.26. The Morgan fingerprint density at radius 3 is 2.88 bits per heavy atom. The average molecular weight is 251 g/mol. The van der Waals surface area contributed by atoms with Crippen LogP contribution in [0.3, 0.4) is 0 Å². The molecule has 0 amide bonds. The minimum Gasteiger partial charge on any atom is -0.378 e. The van der Waals surface area contributed by atoms with Crippen LogP contribution >= 0.6 is 11.3 Å². The molecular formula is C12H17N3OS. The topological polar surface area (TPSA) is 37.7 Å². The summed E-state index contributed by atoms with van der Waals surface area (Å²) in [5.74, 6) is 0. The summed E-state index contributed by atoms with van der Waals surface area (Å²) in [7, 11) is 1.89. The normalized spacial score (nSPS) is 22.9. The van der Waals surface area contributed by atoms with Crippen LogP contribution in [0, 0.1) is 0 Å². The molecule has 5 heteroatoms. The van der Waals surface area contributed by atoms with Gasteiger partial charge in [0, 0.05) is 20.1 Å². The molecule has 1 fully saturated rings. The van der Waals surface area contributed by atoms with Crippen LogP contribution in [0.15, 0.2) is 4.99 Å². The third kappa shape index (κ3) is 2.09. The van der Waals surface area contributed by atoms with E-state index in [0.29, 0.717) is 0 Å². The molecule has 1 aliphatic heterocycles. The maximum absolute atomic E-state index is 5.38. The molecule has 1 aromatic rings. The SMILES string of the molecule is CN=C1CCCc2nc(N3CCOCC3)sc21. The van der Waals surface area contributed by atoms with Gasteiger partial charge in [-0.15, -0.1) is 0 Å². The Hall–Kier alpha value is -0.940. The van der Waals surface area contributed by atoms with Gasteiger partial charge in [0.2, 0.25) is 0 Å². The smallest absolute Gasteiger partial charge is 0.186 e. The predicted octanol–water partition coefficient (Wildman–Crippen LogP) is 1.73. The van der Waals surface area contributed by atoms with E-state index < -0.39 is 0 Å². The van der Waals surface area contributed by atoms with Crippen molar-refractivity contribution in [2.45, 2.75) is 19.3 Å². The number of fused-ring (bicyclic) bond motifs is 1. The highest BCUT2D eigenvalue weighted by Gasteiger charge is 2.23. The van der Waals surface area contributed by atoms with Crippen LogP contribution in [0.1, 0.15) is 23.4 Å². The van der Waals surface area contributed by atoms with E-state index in [9.17, 15) is 0 Å². The van der Waals surface area contributed by atoms with Crippen LogP contribution in [0.4, 0.5) is 5.13 Å². The molecule has 3 rings (SSSR count). The summed E-state index contributed by atoms with van der Waals surface area (Å²) in [4.78, 5) is 12.8. The van der Waals surface area contributed by atoms with E-state index in [1.807, 2.05) is 7.05 Å². The highest BCUT2D eigenvalue weighted by molar-refractivity contribution is 7.17. The van der Waals surface area contributed by atoms with Crippen molar-refractivity contribution in [3.8, 4) is 0 Å². The highest BCUT2D eigenvalue weighted by Crippen LogP contribution is 2.32. The number of thiazole rings is 1. The van der Waals surface area contributed by atoms with E-state index in [-0.39, 0.29) is 0 Å². The number of aliphatic imine (C=N–C) groups is 1. The maximum atomic E-state index is 5.38. The van der Waals surface area contributed by atoms with Crippen molar-refractivity contribution in [1.82, 2.24) is 4.98 Å². The number of morpholine rings is 1. The highest BCUT2D eigenvalue weighted by atomic mass is 32.1. The fourth-order valence-electron chi connectivity index (χ4n) is 2.37. The van der Waals surface area contributed by atoms with Crippen molar-refractivity contribution in [3.63, 3.8) is 0 Å². The van der Waals surface area contributed by atoms with Gasteiger partial charge in [0.1, 0.15) is 0 Å². The lowest BCUT2D eigenvalue weighted by atomic mass is 10.0. The first kappa shape index (κ1) is 11.2. The Balaban J connectivity index is 1.90. The van der Waals surface area contributed by atoms with Crippen molar-refractivity contribution in [3.05, 3.63) is 10.6 Å². The molecular weight excluding hydrogens is 234 g/mol. The monoisotopic (exact) mass is 251 g/mol. The molecule has 2 aliphatic rings. The molecule has 17 heavy (non-hydrogen) atoms. The van der Waals surface area contributed by atoms with Gasteiger partial charge in [0.15, 0.2) is 5.13 Å². The maximum Gasteiger partial charge on any atom is 0.186 e. The molecule has 1 saturated heterocycles. The van der Waals surface area contributed by atoms with Gasteiger partial charge < -0.3 is 9.64 Å². The van der Waals surface area contributed by atoms with Crippen LogP contribution in [0.5, 0.6) is 0 Å². The molecule has 0 bridgehead atoms. The van der Waals surface area contributed by atoms with Gasteiger partial charge >= 0.3 is 0 Å². The minimum absolute atomic E-state index is 0.818. The van der Waals surface area contributed by atoms with Crippen LogP contribution in [-0.2, 0) is 11.2 Å². The Morgan fingerprint density at radius 2 is 2.12 bits per heavy atom. The quantitative estimate of drug-likeness (QED) is 0.763. The van der Waals surface area contributed by atoms with Crippen LogP contribution < -0.4 is 4.90 Å². The number of anilines is 1. The van der Waals surface area contributed by atoms with E-state index in [2.05, 4.69) is 9.89 Å². The fourth-order valence-corrected chi connectivity index (χ4v) is 3.60. The summed E-state index contributed by atoms with van der Waals surface area (Å²) < 4.78 is 5.38. The zero-order valence-corrected chi connectivity index (χ0v) is 10.9. The summed E-state index contributed by atoms with van der Waals surface area (Å²) in [6, 6.07) is 0. The lowest BCUT2D eigenvalue weighted by molar-refractivity contribution is 0.122. The molecule has 0 N–H and O–H groups in total. The zero-order valence-electron chi connectivity index (χ0n) is 10.1. The molecule has 92 valence electrons. The molecule has 0 atom stereocenters. The molecule has 0 radical (unpaired) electrons. The van der Waals surface area contributed by atoms with Crippen molar-refractivity contribution < 1.29 is 4.74 Å². The number of nitrogens with zero attached hydrogens (tertiary/aromatic N) is 3. The van der Waals surface area contributed by atoms with Gasteiger partial charge in [0.05, 0.1) is 29.5 Å². The minimum atomic E-state index is 0.818. The van der Waals surface area contributed by atoms with Crippen molar-refractivity contribution >= 4 is 22.2 Å². The first-order valence-electron chi connectivity index (χ1n) is 6.17. The summed E-state index contributed by atoms with van der Waals surface area (Å²) in [6.07, 6.45) is 3.40. The lowest BCUT2D eigenvalue weighted by Crippen LogP contribution is -2.36. The van der Waals surface area contributed by atoms with E-state index in [0.717, 1.165) is 44.3 Å². The number of aromatic nitrogens is 1. The molecule has 1 aliphatic carbocycles. The third-order valence-electron chi connectivity index (χ3n) is 3.33. The second-order valence-corrected chi connectivity index (χ2v) is 5.37. The summed E-state index contributed by atoms with van der Waals surface area (Å²) in [5.41, 5.74) is 2.49. The van der Waals surface area contributed by atoms with Crippen LogP contribution in [-0.4, -0.2) is 44.0 Å². The average Bonchev–Trinajstić information content (AvgIpc) is 2.83. The Kier molecular flexibility index (Phi) is 3.11. The zero-order chi connectivity index (χ0) is 11.7. The summed E-state index contributed by atoms with van der Waals surface area (Å²) >= 11 is 1.80. The fraction of sp³-hybridized carbons (Fsp3) is 0.667. The summed E-state index contributed by atoms with van der Waals surface area (Å²) in [6.45, 7) is 3.56. The van der Waals surface area contributed by atoms with E-state index in [1.54, 1.807) is 11.3 Å². The van der Waals surface area contributed by atoms with Crippen molar-refractivity contribution in [2.75, 3.05) is 38.3 Å². The molecule has 1 aromatic heterocycles.